The van der Waals surface area contributed by atoms with Gasteiger partial charge in [-0.05, 0) is 12.5 Å². The Bertz CT molecular complexity index is 222. The van der Waals surface area contributed by atoms with E-state index in [-0.39, 0.29) is 0 Å². The molecule has 0 atom stereocenters. The fraction of sp³-hybridized carbons (Fsp3) is 0.111. The second-order valence-corrected chi connectivity index (χ2v) is 1.95. The zero-order valence-corrected chi connectivity index (χ0v) is 6.75. The van der Waals surface area contributed by atoms with Crippen molar-refractivity contribution in [3.8, 4) is 0 Å². The number of nitrogens with zero attached hydrogens (tertiary/aromatic N) is 2. The van der Waals surface area contributed by atoms with Crippen LogP contribution in [-0.2, 0) is 0 Å². The summed E-state index contributed by atoms with van der Waals surface area (Å²) in [5.74, 6) is 0. The van der Waals surface area contributed by atoms with Gasteiger partial charge in [0.1, 0.15) is 0 Å². The van der Waals surface area contributed by atoms with Crippen molar-refractivity contribution in [2.45, 2.75) is 6.92 Å². The smallest absolute Gasteiger partial charge is 0.0665 e. The van der Waals surface area contributed by atoms with E-state index in [1.54, 1.807) is 12.2 Å². The molecule has 0 bridgehead atoms. The average molecular weight is 148 g/mol. The molecule has 0 saturated carbocycles. The number of rotatable bonds is 4. The molecule has 2 heteroatoms. The van der Waals surface area contributed by atoms with Crippen LogP contribution in [0.5, 0.6) is 0 Å². The Kier molecular flexibility index (Phi) is 4.65. The molecule has 58 valence electrons. The normalized spacial score (nSPS) is 11.5. The largest absolute Gasteiger partial charge is 0.167 e. The first-order valence-corrected chi connectivity index (χ1v) is 3.21. The van der Waals surface area contributed by atoms with Crippen molar-refractivity contribution in [3.63, 3.8) is 0 Å². The van der Waals surface area contributed by atoms with Crippen molar-refractivity contribution in [2.24, 2.45) is 10.2 Å². The third-order valence-corrected chi connectivity index (χ3v) is 1.12. The summed E-state index contributed by atoms with van der Waals surface area (Å²) in [7, 11) is 0. The van der Waals surface area contributed by atoms with E-state index < -0.39 is 0 Å². The maximum atomic E-state index is 3.76. The van der Waals surface area contributed by atoms with Gasteiger partial charge in [0.05, 0.1) is 5.71 Å². The highest BCUT2D eigenvalue weighted by Gasteiger charge is 1.90. The van der Waals surface area contributed by atoms with E-state index in [0.717, 1.165) is 11.3 Å². The van der Waals surface area contributed by atoms with E-state index >= 15 is 0 Å². The second-order valence-electron chi connectivity index (χ2n) is 1.95. The van der Waals surface area contributed by atoms with Crippen LogP contribution < -0.4 is 0 Å². The molecular weight excluding hydrogens is 136 g/mol. The van der Waals surface area contributed by atoms with Gasteiger partial charge in [-0.25, -0.2) is 0 Å². The van der Waals surface area contributed by atoms with E-state index in [4.69, 9.17) is 0 Å². The molecular formula is C9H12N2. The molecule has 0 radical (unpaired) electrons. The molecule has 0 aromatic heterocycles. The Labute approximate surface area is 67.4 Å². The van der Waals surface area contributed by atoms with E-state index in [2.05, 4.69) is 30.1 Å². The Morgan fingerprint density at radius 1 is 1.45 bits per heavy atom. The topological polar surface area (TPSA) is 24.7 Å². The summed E-state index contributed by atoms with van der Waals surface area (Å²) in [5, 5.41) is 7.11. The Balaban J connectivity index is 4.24. The van der Waals surface area contributed by atoms with Gasteiger partial charge in [0.15, 0.2) is 0 Å². The van der Waals surface area contributed by atoms with Gasteiger partial charge < -0.3 is 0 Å². The summed E-state index contributed by atoms with van der Waals surface area (Å²) < 4.78 is 0. The standard InChI is InChI=1S/C9H12N2/c1-5-6-7-8(2)9(3)11-10-4/h5-7H,1-2,4H2,3H3. The third-order valence-electron chi connectivity index (χ3n) is 1.12. The molecule has 0 rings (SSSR count). The van der Waals surface area contributed by atoms with Gasteiger partial charge in [-0.2, -0.15) is 10.2 Å². The van der Waals surface area contributed by atoms with Crippen LogP contribution in [0, 0.1) is 0 Å². The lowest BCUT2D eigenvalue weighted by Gasteiger charge is -1.93. The first-order chi connectivity index (χ1) is 5.22. The second kappa shape index (κ2) is 5.35. The fourth-order valence-corrected chi connectivity index (χ4v) is 0.475. The summed E-state index contributed by atoms with van der Waals surface area (Å²) >= 11 is 0. The lowest BCUT2D eigenvalue weighted by molar-refractivity contribution is 1.25. The predicted molar refractivity (Wildman–Crippen MR) is 51.1 cm³/mol. The zero-order chi connectivity index (χ0) is 8.69. The molecule has 0 N–H and O–H groups in total. The summed E-state index contributed by atoms with van der Waals surface area (Å²) in [5.41, 5.74) is 1.58. The summed E-state index contributed by atoms with van der Waals surface area (Å²) in [6.45, 7) is 12.4. The van der Waals surface area contributed by atoms with Gasteiger partial charge in [-0.1, -0.05) is 31.4 Å². The molecule has 0 aliphatic heterocycles. The minimum atomic E-state index is 0.762. The van der Waals surface area contributed by atoms with Crippen LogP contribution in [-0.4, -0.2) is 12.4 Å². The maximum absolute atomic E-state index is 3.76. The van der Waals surface area contributed by atoms with Crippen LogP contribution in [0.2, 0.25) is 0 Å². The fourth-order valence-electron chi connectivity index (χ4n) is 0.475. The average Bonchev–Trinajstić information content (AvgIpc) is 2.00. The van der Waals surface area contributed by atoms with Gasteiger partial charge in [-0.3, -0.25) is 0 Å². The summed E-state index contributed by atoms with van der Waals surface area (Å²) in [6, 6.07) is 0. The predicted octanol–water partition coefficient (Wildman–Crippen LogP) is 2.36. The van der Waals surface area contributed by atoms with Gasteiger partial charge >= 0.3 is 0 Å². The van der Waals surface area contributed by atoms with Crippen LogP contribution >= 0.6 is 0 Å². The van der Waals surface area contributed by atoms with Gasteiger partial charge in [-0.15, -0.1) is 0 Å². The molecule has 0 spiro atoms. The van der Waals surface area contributed by atoms with Gasteiger partial charge in [0, 0.05) is 6.72 Å². The third kappa shape index (κ3) is 4.03. The van der Waals surface area contributed by atoms with Gasteiger partial charge in [0.2, 0.25) is 0 Å². The van der Waals surface area contributed by atoms with E-state index in [1.807, 2.05) is 13.0 Å². The van der Waals surface area contributed by atoms with Crippen LogP contribution in [0.25, 0.3) is 0 Å². The molecule has 0 aliphatic rings. The first-order valence-electron chi connectivity index (χ1n) is 3.21. The molecule has 11 heavy (non-hydrogen) atoms. The van der Waals surface area contributed by atoms with E-state index in [1.165, 1.54) is 0 Å². The van der Waals surface area contributed by atoms with Crippen LogP contribution in [0.1, 0.15) is 6.92 Å². The minimum Gasteiger partial charge on any atom is -0.167 e. The zero-order valence-electron chi connectivity index (χ0n) is 6.75. The van der Waals surface area contributed by atoms with Crippen LogP contribution in [0.15, 0.2) is 47.2 Å². The van der Waals surface area contributed by atoms with Crippen LogP contribution in [0.4, 0.5) is 0 Å². The van der Waals surface area contributed by atoms with E-state index in [9.17, 15) is 0 Å². The number of hydrogen-bond acceptors (Lipinski definition) is 2. The van der Waals surface area contributed by atoms with Crippen molar-refractivity contribution in [1.29, 1.82) is 0 Å². The van der Waals surface area contributed by atoms with Gasteiger partial charge in [0.25, 0.3) is 0 Å². The van der Waals surface area contributed by atoms with Crippen molar-refractivity contribution >= 4 is 12.4 Å². The van der Waals surface area contributed by atoms with Crippen molar-refractivity contribution in [3.05, 3.63) is 37.0 Å². The minimum absolute atomic E-state index is 0.762. The lowest BCUT2D eigenvalue weighted by Crippen LogP contribution is -1.90. The quantitative estimate of drug-likeness (QED) is 0.332. The first kappa shape index (κ1) is 9.56. The highest BCUT2D eigenvalue weighted by atomic mass is 15.2. The Hall–Kier alpha value is -1.44. The molecule has 0 aliphatic carbocycles. The SMILES string of the molecule is C=CC=CC(=C)C(C)=NN=C. The monoisotopic (exact) mass is 148 g/mol. The molecule has 0 aromatic rings. The highest BCUT2D eigenvalue weighted by Crippen LogP contribution is 1.97. The number of allylic oxidation sites excluding steroid dienone is 4. The summed E-state index contributed by atoms with van der Waals surface area (Å²) in [4.78, 5) is 0. The maximum Gasteiger partial charge on any atom is 0.0665 e. The Morgan fingerprint density at radius 3 is 2.55 bits per heavy atom. The number of hydrogen-bond donors (Lipinski definition) is 0. The van der Waals surface area contributed by atoms with Crippen LogP contribution in [0.3, 0.4) is 0 Å². The summed E-state index contributed by atoms with van der Waals surface area (Å²) in [6.07, 6.45) is 5.29. The van der Waals surface area contributed by atoms with Crippen molar-refractivity contribution in [2.75, 3.05) is 0 Å². The van der Waals surface area contributed by atoms with E-state index in [0.29, 0.717) is 0 Å². The molecule has 0 fully saturated rings. The molecule has 0 amide bonds. The lowest BCUT2D eigenvalue weighted by atomic mass is 10.2. The molecule has 0 unspecified atom stereocenters. The molecule has 0 saturated heterocycles. The Morgan fingerprint density at radius 2 is 2.09 bits per heavy atom. The molecule has 2 nitrogen and oxygen atoms in total. The molecule has 0 heterocycles. The van der Waals surface area contributed by atoms with Crippen molar-refractivity contribution in [1.82, 2.24) is 0 Å². The van der Waals surface area contributed by atoms with Crippen molar-refractivity contribution < 1.29 is 0 Å². The highest BCUT2D eigenvalue weighted by molar-refractivity contribution is 6.00. The molecule has 0 aromatic carbocycles.